The Bertz CT molecular complexity index is 799. The number of rotatable bonds is 4. The van der Waals surface area contributed by atoms with Gasteiger partial charge in [0.15, 0.2) is 4.34 Å². The van der Waals surface area contributed by atoms with Gasteiger partial charge in [-0.05, 0) is 18.2 Å². The summed E-state index contributed by atoms with van der Waals surface area (Å²) in [6.07, 6.45) is 2.12. The van der Waals surface area contributed by atoms with Gasteiger partial charge in [-0.1, -0.05) is 23.9 Å². The summed E-state index contributed by atoms with van der Waals surface area (Å²) in [7, 11) is 0. The van der Waals surface area contributed by atoms with Crippen molar-refractivity contribution in [3.05, 3.63) is 36.0 Å². The Morgan fingerprint density at radius 1 is 1.43 bits per heavy atom. The van der Waals surface area contributed by atoms with Crippen LogP contribution in [0.3, 0.4) is 0 Å². The molecule has 3 heterocycles. The minimum Gasteiger partial charge on any atom is -0.477 e. The first-order valence-corrected chi connectivity index (χ1v) is 9.77. The molecule has 0 saturated carbocycles. The Hall–Kier alpha value is -1.51. The number of carbonyl (C=O) groups excluding carboxylic acids is 1. The molecule has 0 spiro atoms. The Morgan fingerprint density at radius 2 is 2.26 bits per heavy atom. The molecule has 1 amide bonds. The molecule has 0 radical (unpaired) electrons. The molecule has 4 rings (SSSR count). The van der Waals surface area contributed by atoms with Crippen LogP contribution in [0.4, 0.5) is 0 Å². The highest BCUT2D eigenvalue weighted by Gasteiger charge is 2.45. The molecule has 8 heteroatoms. The zero-order valence-electron chi connectivity index (χ0n) is 11.8. The summed E-state index contributed by atoms with van der Waals surface area (Å²) in [4.78, 5) is 28.9. The maximum Gasteiger partial charge on any atom is 0.352 e. The van der Waals surface area contributed by atoms with E-state index < -0.39 is 5.97 Å². The van der Waals surface area contributed by atoms with E-state index in [-0.39, 0.29) is 22.2 Å². The normalized spacial score (nSPS) is 23.4. The van der Waals surface area contributed by atoms with E-state index in [1.54, 1.807) is 40.9 Å². The van der Waals surface area contributed by atoms with Crippen LogP contribution >= 0.6 is 34.9 Å². The van der Waals surface area contributed by atoms with E-state index in [2.05, 4.69) is 4.98 Å². The van der Waals surface area contributed by atoms with E-state index in [0.29, 0.717) is 6.42 Å². The molecule has 2 atom stereocenters. The van der Waals surface area contributed by atoms with Gasteiger partial charge in [-0.2, -0.15) is 0 Å². The van der Waals surface area contributed by atoms with Crippen molar-refractivity contribution in [3.63, 3.8) is 0 Å². The number of hydrogen-bond acceptors (Lipinski definition) is 6. The summed E-state index contributed by atoms with van der Waals surface area (Å²) in [5, 5.41) is 9.34. The Labute approximate surface area is 144 Å². The number of nitrogens with zero attached hydrogens (tertiary/aromatic N) is 2. The molecule has 118 valence electrons. The molecule has 2 aromatic rings. The van der Waals surface area contributed by atoms with Crippen LogP contribution in [0.1, 0.15) is 6.42 Å². The summed E-state index contributed by atoms with van der Waals surface area (Å²) in [6, 6.07) is 8.01. The average Bonchev–Trinajstić information content (AvgIpc) is 2.94. The smallest absolute Gasteiger partial charge is 0.352 e. The van der Waals surface area contributed by atoms with Crippen LogP contribution in [0, 0.1) is 0 Å². The molecular weight excluding hydrogens is 352 g/mol. The van der Waals surface area contributed by atoms with Gasteiger partial charge in [-0.25, -0.2) is 9.78 Å². The third kappa shape index (κ3) is 2.75. The van der Waals surface area contributed by atoms with Gasteiger partial charge < -0.3 is 5.11 Å². The topological polar surface area (TPSA) is 70.5 Å². The SMILES string of the molecule is O=C(O)C1=CC(CSc2nc3ccccc3s2)S[C@@H]2CC(=O)N12. The van der Waals surface area contributed by atoms with Crippen LogP contribution in [0.15, 0.2) is 40.4 Å². The second kappa shape index (κ2) is 5.85. The number of thiazole rings is 1. The lowest BCUT2D eigenvalue weighted by molar-refractivity contribution is -0.146. The van der Waals surface area contributed by atoms with Gasteiger partial charge in [0.2, 0.25) is 5.91 Å². The standard InChI is InChI=1S/C15H12N2O3S3/c18-12-6-13-17(12)10(14(19)20)5-8(22-13)7-21-15-16-9-3-1-2-4-11(9)23-15/h1-5,8,13H,6-7H2,(H,19,20)/t8?,13-/m1/s1. The van der Waals surface area contributed by atoms with Crippen LogP contribution in [-0.2, 0) is 9.59 Å². The van der Waals surface area contributed by atoms with Crippen LogP contribution < -0.4 is 0 Å². The fraction of sp³-hybridized carbons (Fsp3) is 0.267. The van der Waals surface area contributed by atoms with Crippen LogP contribution in [0.2, 0.25) is 0 Å². The number of benzene rings is 1. The fourth-order valence-corrected chi connectivity index (χ4v) is 6.30. The number of carbonyl (C=O) groups is 2. The molecule has 5 nitrogen and oxygen atoms in total. The molecule has 1 aromatic heterocycles. The minimum absolute atomic E-state index is 0.0282. The van der Waals surface area contributed by atoms with E-state index >= 15 is 0 Å². The van der Waals surface area contributed by atoms with Gasteiger partial charge in [0.05, 0.1) is 22.0 Å². The Morgan fingerprint density at radius 3 is 3.00 bits per heavy atom. The van der Waals surface area contributed by atoms with Crippen LogP contribution in [0.25, 0.3) is 10.2 Å². The average molecular weight is 364 g/mol. The Balaban J connectivity index is 1.49. The van der Waals surface area contributed by atoms with Crippen molar-refractivity contribution in [2.45, 2.75) is 21.4 Å². The summed E-state index contributed by atoms with van der Waals surface area (Å²) >= 11 is 4.94. The summed E-state index contributed by atoms with van der Waals surface area (Å²) < 4.78 is 2.15. The molecule has 23 heavy (non-hydrogen) atoms. The van der Waals surface area contributed by atoms with Gasteiger partial charge >= 0.3 is 5.97 Å². The van der Waals surface area contributed by atoms with Crippen LogP contribution in [-0.4, -0.2) is 43.2 Å². The number of fused-ring (bicyclic) bond motifs is 2. The third-order valence-corrected chi connectivity index (χ3v) is 7.56. The van der Waals surface area contributed by atoms with Crippen molar-refractivity contribution in [2.24, 2.45) is 0 Å². The van der Waals surface area contributed by atoms with Crippen LogP contribution in [0.5, 0.6) is 0 Å². The Kier molecular flexibility index (Phi) is 3.82. The number of β-lactam (4-membered cyclic amide) rings is 1. The van der Waals surface area contributed by atoms with Crippen molar-refractivity contribution >= 4 is 57.0 Å². The zero-order valence-corrected chi connectivity index (χ0v) is 14.3. The molecule has 1 fully saturated rings. The number of carboxylic acids is 1. The number of amides is 1. The number of aromatic nitrogens is 1. The van der Waals surface area contributed by atoms with Gasteiger partial charge in [0.25, 0.3) is 0 Å². The lowest BCUT2D eigenvalue weighted by Crippen LogP contribution is -2.54. The van der Waals surface area contributed by atoms with Gasteiger partial charge in [0, 0.05) is 11.0 Å². The first-order valence-electron chi connectivity index (χ1n) is 7.03. The number of aliphatic carboxylic acids is 1. The molecule has 1 unspecified atom stereocenters. The molecular formula is C15H12N2O3S3. The third-order valence-electron chi connectivity index (χ3n) is 3.71. The number of hydrogen-bond donors (Lipinski definition) is 1. The quantitative estimate of drug-likeness (QED) is 0.664. The summed E-state index contributed by atoms with van der Waals surface area (Å²) in [5.41, 5.74) is 1.12. The first-order chi connectivity index (χ1) is 11.1. The van der Waals surface area contributed by atoms with Crippen molar-refractivity contribution in [3.8, 4) is 0 Å². The van der Waals surface area contributed by atoms with E-state index in [4.69, 9.17) is 0 Å². The van der Waals surface area contributed by atoms with Crippen molar-refractivity contribution in [2.75, 3.05) is 5.75 Å². The number of thioether (sulfide) groups is 2. The van der Waals surface area contributed by atoms with Crippen molar-refractivity contribution in [1.82, 2.24) is 9.88 Å². The molecule has 1 N–H and O–H groups in total. The zero-order chi connectivity index (χ0) is 16.0. The molecule has 0 bridgehead atoms. The monoisotopic (exact) mass is 364 g/mol. The highest BCUT2D eigenvalue weighted by Crippen LogP contribution is 2.42. The minimum atomic E-state index is -1.03. The molecule has 2 aliphatic heterocycles. The summed E-state index contributed by atoms with van der Waals surface area (Å²) in [5.74, 6) is -0.383. The lowest BCUT2D eigenvalue weighted by Gasteiger charge is -2.44. The molecule has 1 saturated heterocycles. The molecule has 2 aliphatic rings. The maximum absolute atomic E-state index is 11.6. The van der Waals surface area contributed by atoms with Gasteiger partial charge in [-0.3, -0.25) is 9.69 Å². The van der Waals surface area contributed by atoms with Crippen molar-refractivity contribution in [1.29, 1.82) is 0 Å². The number of carboxylic acid groups (broad SMARTS) is 1. The van der Waals surface area contributed by atoms with E-state index in [0.717, 1.165) is 20.3 Å². The second-order valence-electron chi connectivity index (χ2n) is 5.21. The highest BCUT2D eigenvalue weighted by atomic mass is 32.2. The number of para-hydroxylation sites is 1. The maximum atomic E-state index is 11.6. The second-order valence-corrected chi connectivity index (χ2v) is 8.93. The highest BCUT2D eigenvalue weighted by molar-refractivity contribution is 8.04. The molecule has 1 aromatic carbocycles. The molecule has 0 aliphatic carbocycles. The fourth-order valence-electron chi connectivity index (χ4n) is 2.61. The first kappa shape index (κ1) is 15.0. The van der Waals surface area contributed by atoms with E-state index in [1.165, 1.54) is 4.90 Å². The predicted octanol–water partition coefficient (Wildman–Crippen LogP) is 3.03. The summed E-state index contributed by atoms with van der Waals surface area (Å²) in [6.45, 7) is 0. The largest absolute Gasteiger partial charge is 0.477 e. The van der Waals surface area contributed by atoms with Crippen molar-refractivity contribution < 1.29 is 14.7 Å². The van der Waals surface area contributed by atoms with Gasteiger partial charge in [-0.15, -0.1) is 23.1 Å². The van der Waals surface area contributed by atoms with E-state index in [1.807, 2.05) is 24.3 Å². The lowest BCUT2D eigenvalue weighted by atomic mass is 10.1. The predicted molar refractivity (Wildman–Crippen MR) is 92.7 cm³/mol. The van der Waals surface area contributed by atoms with E-state index in [9.17, 15) is 14.7 Å². The van der Waals surface area contributed by atoms with Gasteiger partial charge in [0.1, 0.15) is 5.70 Å².